The number of esters is 1. The van der Waals surface area contributed by atoms with Crippen LogP contribution in [0.1, 0.15) is 48.9 Å². The summed E-state index contributed by atoms with van der Waals surface area (Å²) in [5.41, 5.74) is 1.22. The van der Waals surface area contributed by atoms with Crippen LogP contribution in [0.2, 0.25) is 0 Å². The second kappa shape index (κ2) is 22.2. The van der Waals surface area contributed by atoms with Crippen molar-refractivity contribution in [3.63, 3.8) is 0 Å². The number of hydrogen-bond acceptors (Lipinski definition) is 6. The average molecular weight is 518 g/mol. The Labute approximate surface area is 234 Å². The first kappa shape index (κ1) is 38.5. The summed E-state index contributed by atoms with van der Waals surface area (Å²) in [6, 6.07) is 15.6. The van der Waals surface area contributed by atoms with Gasteiger partial charge in [0.15, 0.2) is 12.1 Å². The van der Waals surface area contributed by atoms with E-state index in [1.165, 1.54) is 7.11 Å². The van der Waals surface area contributed by atoms with Gasteiger partial charge in [-0.2, -0.15) is 0 Å². The van der Waals surface area contributed by atoms with Crippen molar-refractivity contribution in [2.24, 2.45) is 0 Å². The fraction of sp³-hybridized carbons (Fsp3) is 0.259. The minimum absolute atomic E-state index is 0. The molecular formula is C27H31LiN2O8. The topological polar surface area (TPSA) is 183 Å². The molecular weight excluding hydrogens is 487 g/mol. The summed E-state index contributed by atoms with van der Waals surface area (Å²) >= 11 is 0. The quantitative estimate of drug-likeness (QED) is 0.200. The zero-order valence-corrected chi connectivity index (χ0v) is 21.3. The molecule has 0 saturated heterocycles. The summed E-state index contributed by atoms with van der Waals surface area (Å²) in [7, 11) is 1.28. The van der Waals surface area contributed by atoms with Crippen LogP contribution in [-0.2, 0) is 23.9 Å². The van der Waals surface area contributed by atoms with Crippen molar-refractivity contribution in [1.29, 1.82) is 0 Å². The third-order valence-electron chi connectivity index (χ3n) is 4.55. The van der Waals surface area contributed by atoms with Crippen molar-refractivity contribution in [2.45, 2.75) is 37.8 Å². The predicted octanol–water partition coefficient (Wildman–Crippen LogP) is -1.23. The molecule has 198 valence electrons. The van der Waals surface area contributed by atoms with Gasteiger partial charge in [0.25, 0.3) is 0 Å². The summed E-state index contributed by atoms with van der Waals surface area (Å²) in [6.45, 7) is 0. The summed E-state index contributed by atoms with van der Waals surface area (Å²) in [5, 5.41) is 14.1. The van der Waals surface area contributed by atoms with Crippen molar-refractivity contribution in [1.82, 2.24) is 10.6 Å². The van der Waals surface area contributed by atoms with Gasteiger partial charge < -0.3 is 31.4 Å². The Morgan fingerprint density at radius 1 is 0.816 bits per heavy atom. The molecule has 2 amide bonds. The van der Waals surface area contributed by atoms with E-state index in [0.29, 0.717) is 24.0 Å². The second-order valence-electron chi connectivity index (χ2n) is 7.09. The largest absolute Gasteiger partial charge is 1.00 e. The van der Waals surface area contributed by atoms with E-state index in [1.54, 1.807) is 54.6 Å². The number of ether oxygens (including phenoxy) is 1. The molecule has 38 heavy (non-hydrogen) atoms. The van der Waals surface area contributed by atoms with E-state index in [0.717, 1.165) is 0 Å². The van der Waals surface area contributed by atoms with Crippen LogP contribution in [0.5, 0.6) is 0 Å². The van der Waals surface area contributed by atoms with Gasteiger partial charge in [-0.25, -0.2) is 9.59 Å². The number of hydrogen-bond donors (Lipinski definition) is 3. The summed E-state index contributed by atoms with van der Waals surface area (Å²) in [4.78, 5) is 45.7. The number of terminal acetylenes is 2. The number of carboxylic acid groups (broad SMARTS) is 1. The number of carboxylic acids is 1. The third kappa shape index (κ3) is 14.5. The van der Waals surface area contributed by atoms with Crippen LogP contribution < -0.4 is 29.5 Å². The molecule has 2 aromatic rings. The molecule has 10 nitrogen and oxygen atoms in total. The van der Waals surface area contributed by atoms with E-state index in [1.807, 2.05) is 6.07 Å². The van der Waals surface area contributed by atoms with Crippen molar-refractivity contribution in [3.05, 3.63) is 71.8 Å². The average Bonchev–Trinajstić information content (AvgIpc) is 2.88. The van der Waals surface area contributed by atoms with Gasteiger partial charge in [-0.3, -0.25) is 9.59 Å². The molecule has 0 spiro atoms. The minimum atomic E-state index is -1.09. The van der Waals surface area contributed by atoms with Crippen LogP contribution in [0, 0.1) is 24.7 Å². The fourth-order valence-electron chi connectivity index (χ4n) is 2.81. The van der Waals surface area contributed by atoms with Crippen molar-refractivity contribution < 1.29 is 58.8 Å². The van der Waals surface area contributed by atoms with Crippen LogP contribution in [-0.4, -0.2) is 46.9 Å². The molecule has 0 fully saturated rings. The van der Waals surface area contributed by atoms with Crippen LogP contribution in [0.15, 0.2) is 60.7 Å². The third-order valence-corrected chi connectivity index (χ3v) is 4.55. The zero-order chi connectivity index (χ0) is 26.1. The second-order valence-corrected chi connectivity index (χ2v) is 7.09. The predicted molar refractivity (Wildman–Crippen MR) is 136 cm³/mol. The molecule has 6 N–H and O–H groups in total. The number of carbonyl (C=O) groups is 4. The number of nitrogens with one attached hydrogen (secondary N) is 2. The van der Waals surface area contributed by atoms with Crippen LogP contribution in [0.25, 0.3) is 0 Å². The molecule has 0 bridgehead atoms. The smallest absolute Gasteiger partial charge is 0.870 e. The molecule has 11 heteroatoms. The van der Waals surface area contributed by atoms with Gasteiger partial charge in [-0.1, -0.05) is 60.7 Å². The molecule has 0 unspecified atom stereocenters. The molecule has 0 aliphatic heterocycles. The van der Waals surface area contributed by atoms with Crippen LogP contribution >= 0.6 is 0 Å². The van der Waals surface area contributed by atoms with E-state index in [9.17, 15) is 19.2 Å². The number of rotatable bonds is 10. The Kier molecular flexibility index (Phi) is 22.5. The van der Waals surface area contributed by atoms with Gasteiger partial charge in [-0.15, -0.1) is 24.7 Å². The van der Waals surface area contributed by atoms with E-state index < -0.39 is 24.0 Å². The van der Waals surface area contributed by atoms with Gasteiger partial charge in [0.2, 0.25) is 11.8 Å². The number of aliphatic carboxylic acids is 1. The van der Waals surface area contributed by atoms with Crippen molar-refractivity contribution in [2.75, 3.05) is 7.11 Å². The van der Waals surface area contributed by atoms with Crippen LogP contribution in [0.3, 0.4) is 0 Å². The van der Waals surface area contributed by atoms with Gasteiger partial charge in [-0.05, 0) is 11.1 Å². The molecule has 0 aliphatic carbocycles. The maximum absolute atomic E-state index is 11.6. The Hall–Kier alpha value is -4.04. The van der Waals surface area contributed by atoms with Gasteiger partial charge in [0.05, 0.1) is 7.11 Å². The zero-order valence-electron chi connectivity index (χ0n) is 21.3. The van der Waals surface area contributed by atoms with Crippen LogP contribution in [0.4, 0.5) is 0 Å². The first-order valence-electron chi connectivity index (χ1n) is 10.7. The number of methoxy groups -OCH3 is 1. The molecule has 0 radical (unpaired) electrons. The van der Waals surface area contributed by atoms with Gasteiger partial charge in [0.1, 0.15) is 0 Å². The van der Waals surface area contributed by atoms with Crippen molar-refractivity contribution in [3.8, 4) is 24.7 Å². The first-order valence-corrected chi connectivity index (χ1v) is 10.7. The maximum Gasteiger partial charge on any atom is 1.00 e. The van der Waals surface area contributed by atoms with E-state index in [2.05, 4.69) is 27.2 Å². The summed E-state index contributed by atoms with van der Waals surface area (Å²) in [6.07, 6.45) is 11.1. The Balaban J connectivity index is -0.000000598. The molecule has 2 aromatic carbocycles. The Morgan fingerprint density at radius 2 is 1.18 bits per heavy atom. The van der Waals surface area contributed by atoms with Crippen molar-refractivity contribution >= 4 is 23.8 Å². The maximum atomic E-state index is 11.6. The molecule has 0 aliphatic rings. The van der Waals surface area contributed by atoms with E-state index >= 15 is 0 Å². The molecule has 0 heterocycles. The first-order chi connectivity index (χ1) is 16.8. The molecule has 0 aromatic heterocycles. The molecule has 2 atom stereocenters. The number of amides is 2. The standard InChI is InChI=1S/C14H15NO3.C13H13NO3.Li.2H2O/c1-3-4-10-12(16)15-13(14(17)18-2)11-8-6-5-7-9-11;1-2-3-9-11(15)14-12(13(16)17)10-7-5-4-6-8-10;;;/h1,5-9,13H,4,10H2,2H3,(H,15,16);1,4-8,12H,3,9H2,(H,14,15)(H,16,17);;2*1H2/q;;+1;;/p-1/t13-;12-;;;/m11.../s1. The SMILES string of the molecule is C#CCCC(=O)N[C@@H](C(=O)O)c1ccccc1.C#CCCC(=O)N[C@@H](C(=O)OC)c1ccccc1.O.[Li+].[OH-]. The minimum Gasteiger partial charge on any atom is -0.870 e. The van der Waals surface area contributed by atoms with E-state index in [-0.39, 0.29) is 54.5 Å². The van der Waals surface area contributed by atoms with E-state index in [4.69, 9.17) is 18.0 Å². The summed E-state index contributed by atoms with van der Waals surface area (Å²) in [5.74, 6) is 2.48. The summed E-state index contributed by atoms with van der Waals surface area (Å²) < 4.78 is 4.68. The molecule has 0 saturated carbocycles. The normalized spacial score (nSPS) is 10.3. The van der Waals surface area contributed by atoms with Gasteiger partial charge in [0, 0.05) is 25.7 Å². The Morgan fingerprint density at radius 3 is 1.53 bits per heavy atom. The number of carbonyl (C=O) groups excluding carboxylic acids is 3. The van der Waals surface area contributed by atoms with Gasteiger partial charge >= 0.3 is 30.8 Å². The monoisotopic (exact) mass is 518 g/mol. The Bertz CT molecular complexity index is 1070. The molecule has 2 rings (SSSR count). The fourth-order valence-corrected chi connectivity index (χ4v) is 2.81. The number of benzene rings is 2.